The molecule has 0 unspecified atom stereocenters. The molecule has 2 heteroatoms. The van der Waals surface area contributed by atoms with Crippen LogP contribution in [0.3, 0.4) is 0 Å². The summed E-state index contributed by atoms with van der Waals surface area (Å²) in [5, 5.41) is 0. The molecule has 2 rings (SSSR count). The number of nitrogens with zero attached hydrogens (tertiary/aromatic N) is 1. The van der Waals surface area contributed by atoms with Crippen LogP contribution in [0.2, 0.25) is 0 Å². The Morgan fingerprint density at radius 1 is 0.529 bits per heavy atom. The van der Waals surface area contributed by atoms with Gasteiger partial charge in [0, 0.05) is 11.4 Å². The van der Waals surface area contributed by atoms with E-state index in [1.54, 1.807) is 0 Å². The highest BCUT2D eigenvalue weighted by molar-refractivity contribution is 6.17. The zero-order chi connectivity index (χ0) is 24.7. The van der Waals surface area contributed by atoms with E-state index in [1.807, 2.05) is 30.3 Å². The van der Waals surface area contributed by atoms with Crippen LogP contribution >= 0.6 is 11.6 Å². The van der Waals surface area contributed by atoms with E-state index in [-0.39, 0.29) is 0 Å². The van der Waals surface area contributed by atoms with Crippen molar-refractivity contribution in [3.63, 3.8) is 0 Å². The van der Waals surface area contributed by atoms with Crippen molar-refractivity contribution in [1.82, 2.24) is 0 Å². The Morgan fingerprint density at radius 2 is 0.912 bits per heavy atom. The minimum absolute atomic E-state index is 0.612. The normalized spacial score (nSPS) is 11.2. The Hall–Kier alpha value is -1.31. The standard InChI is InChI=1S/C25H46N.C7H7Cl/c1-4-5-6-7-8-9-10-11-12-13-14-15-16-20-23-26(2,3)24-25-21-18-17-19-22-25;8-6-7-4-2-1-3-5-7/h17-19,21-22H,4-16,20,23-24H2,1-3H3;1-5H,6H2/q+1;. The van der Waals surface area contributed by atoms with Crippen molar-refractivity contribution >= 4 is 11.6 Å². The van der Waals surface area contributed by atoms with Crippen molar-refractivity contribution in [1.29, 1.82) is 0 Å². The van der Waals surface area contributed by atoms with Crippen molar-refractivity contribution in [3.8, 4) is 0 Å². The van der Waals surface area contributed by atoms with Gasteiger partial charge in [-0.3, -0.25) is 0 Å². The molecule has 2 aromatic rings. The quantitative estimate of drug-likeness (QED) is 0.112. The van der Waals surface area contributed by atoms with E-state index in [9.17, 15) is 0 Å². The fraction of sp³-hybridized carbons (Fsp3) is 0.625. The van der Waals surface area contributed by atoms with Gasteiger partial charge in [-0.1, -0.05) is 145 Å². The van der Waals surface area contributed by atoms with Gasteiger partial charge < -0.3 is 4.48 Å². The predicted molar refractivity (Wildman–Crippen MR) is 153 cm³/mol. The van der Waals surface area contributed by atoms with Gasteiger partial charge in [0.25, 0.3) is 0 Å². The number of hydrogen-bond acceptors (Lipinski definition) is 0. The average Bonchev–Trinajstić information content (AvgIpc) is 2.85. The van der Waals surface area contributed by atoms with Crippen molar-refractivity contribution in [3.05, 3.63) is 71.8 Å². The smallest absolute Gasteiger partial charge is 0.104 e. The number of unbranched alkanes of at least 4 members (excludes halogenated alkanes) is 13. The first-order chi connectivity index (χ1) is 16.6. The van der Waals surface area contributed by atoms with Gasteiger partial charge in [0.15, 0.2) is 0 Å². The Bertz CT molecular complexity index is 668. The second-order valence-corrected chi connectivity index (χ2v) is 10.8. The summed E-state index contributed by atoms with van der Waals surface area (Å²) in [6.45, 7) is 4.75. The number of benzene rings is 2. The van der Waals surface area contributed by atoms with E-state index in [0.717, 1.165) is 11.0 Å². The first-order valence-electron chi connectivity index (χ1n) is 14.0. The third-order valence-corrected chi connectivity index (χ3v) is 6.88. The van der Waals surface area contributed by atoms with E-state index in [1.165, 1.54) is 108 Å². The summed E-state index contributed by atoms with van der Waals surface area (Å²) < 4.78 is 1.11. The molecule has 0 N–H and O–H groups in total. The lowest BCUT2D eigenvalue weighted by Crippen LogP contribution is -2.39. The molecule has 0 aliphatic rings. The van der Waals surface area contributed by atoms with Crippen LogP contribution in [0.1, 0.15) is 108 Å². The zero-order valence-electron chi connectivity index (χ0n) is 22.6. The summed E-state index contributed by atoms with van der Waals surface area (Å²) in [6, 6.07) is 20.9. The molecule has 0 atom stereocenters. The maximum Gasteiger partial charge on any atom is 0.104 e. The van der Waals surface area contributed by atoms with Crippen molar-refractivity contribution in [2.45, 2.75) is 109 Å². The molecule has 0 spiro atoms. The molecule has 34 heavy (non-hydrogen) atoms. The van der Waals surface area contributed by atoms with E-state index >= 15 is 0 Å². The van der Waals surface area contributed by atoms with Gasteiger partial charge in [-0.2, -0.15) is 0 Å². The van der Waals surface area contributed by atoms with Crippen LogP contribution < -0.4 is 0 Å². The van der Waals surface area contributed by atoms with Gasteiger partial charge in [-0.15, -0.1) is 11.6 Å². The summed E-state index contributed by atoms with van der Waals surface area (Å²) in [4.78, 5) is 0. The summed E-state index contributed by atoms with van der Waals surface area (Å²) in [6.07, 6.45) is 20.2. The van der Waals surface area contributed by atoms with Gasteiger partial charge in [0.2, 0.25) is 0 Å². The Labute approximate surface area is 217 Å². The van der Waals surface area contributed by atoms with Crippen LogP contribution in [0.4, 0.5) is 0 Å². The third-order valence-electron chi connectivity index (χ3n) is 6.57. The Kier molecular flexibility index (Phi) is 19.0. The molecule has 1 nitrogen and oxygen atoms in total. The molecule has 0 amide bonds. The maximum absolute atomic E-state index is 5.53. The van der Waals surface area contributed by atoms with E-state index in [0.29, 0.717) is 5.88 Å². The average molecular weight is 487 g/mol. The van der Waals surface area contributed by atoms with Gasteiger partial charge in [0.05, 0.1) is 20.6 Å². The van der Waals surface area contributed by atoms with E-state index in [2.05, 4.69) is 51.4 Å². The largest absolute Gasteiger partial charge is 0.325 e. The third kappa shape index (κ3) is 18.1. The van der Waals surface area contributed by atoms with Crippen molar-refractivity contribution in [2.24, 2.45) is 0 Å². The van der Waals surface area contributed by atoms with Crippen molar-refractivity contribution in [2.75, 3.05) is 20.6 Å². The zero-order valence-corrected chi connectivity index (χ0v) is 23.4. The summed E-state index contributed by atoms with van der Waals surface area (Å²) in [7, 11) is 4.74. The lowest BCUT2D eigenvalue weighted by molar-refractivity contribution is -0.903. The topological polar surface area (TPSA) is 0 Å². The fourth-order valence-corrected chi connectivity index (χ4v) is 4.64. The molecule has 192 valence electrons. The predicted octanol–water partition coefficient (Wildman–Crippen LogP) is 10.2. The molecule has 0 saturated carbocycles. The number of rotatable bonds is 18. The molecule has 0 heterocycles. The molecule has 2 aromatic carbocycles. The van der Waals surface area contributed by atoms with Gasteiger partial charge in [0.1, 0.15) is 6.54 Å². The summed E-state index contributed by atoms with van der Waals surface area (Å²) in [5.41, 5.74) is 2.64. The lowest BCUT2D eigenvalue weighted by atomic mass is 10.0. The SMILES string of the molecule is CCCCCCCCCCCCCCCC[N+](C)(C)Cc1ccccc1.ClCc1ccccc1. The van der Waals surface area contributed by atoms with Crippen LogP contribution in [0.5, 0.6) is 0 Å². The minimum Gasteiger partial charge on any atom is -0.325 e. The van der Waals surface area contributed by atoms with E-state index in [4.69, 9.17) is 11.6 Å². The van der Waals surface area contributed by atoms with Crippen LogP contribution in [-0.4, -0.2) is 25.1 Å². The lowest BCUT2D eigenvalue weighted by Gasteiger charge is -2.30. The van der Waals surface area contributed by atoms with Crippen LogP contribution in [0.15, 0.2) is 60.7 Å². The molecular weight excluding hydrogens is 434 g/mol. The van der Waals surface area contributed by atoms with E-state index < -0.39 is 0 Å². The molecule has 0 bridgehead atoms. The molecule has 0 radical (unpaired) electrons. The van der Waals surface area contributed by atoms with Gasteiger partial charge in [-0.25, -0.2) is 0 Å². The number of halogens is 1. The van der Waals surface area contributed by atoms with Crippen molar-refractivity contribution < 1.29 is 4.48 Å². The molecular formula is C32H53ClN+. The summed E-state index contributed by atoms with van der Waals surface area (Å²) >= 11 is 5.53. The highest BCUT2D eigenvalue weighted by atomic mass is 35.5. The molecule has 0 saturated heterocycles. The van der Waals surface area contributed by atoms with Crippen LogP contribution in [0.25, 0.3) is 0 Å². The van der Waals surface area contributed by atoms with Gasteiger partial charge >= 0.3 is 0 Å². The first-order valence-corrected chi connectivity index (χ1v) is 14.6. The summed E-state index contributed by atoms with van der Waals surface area (Å²) in [5.74, 6) is 0.612. The fourth-order valence-electron chi connectivity index (χ4n) is 4.46. The molecule has 0 aromatic heterocycles. The second-order valence-electron chi connectivity index (χ2n) is 10.5. The highest BCUT2D eigenvalue weighted by Gasteiger charge is 2.14. The number of alkyl halides is 1. The molecule has 0 fully saturated rings. The van der Waals surface area contributed by atoms with Crippen LogP contribution in [0, 0.1) is 0 Å². The molecule has 0 aliphatic carbocycles. The molecule has 0 aliphatic heterocycles. The Balaban J connectivity index is 0.000000605. The Morgan fingerprint density at radius 3 is 1.29 bits per heavy atom. The number of hydrogen-bond donors (Lipinski definition) is 0. The van der Waals surface area contributed by atoms with Gasteiger partial charge in [-0.05, 0) is 18.4 Å². The minimum atomic E-state index is 0.612. The van der Waals surface area contributed by atoms with Crippen LogP contribution in [-0.2, 0) is 12.4 Å². The monoisotopic (exact) mass is 486 g/mol. The second kappa shape index (κ2) is 21.0. The maximum atomic E-state index is 5.53. The highest BCUT2D eigenvalue weighted by Crippen LogP contribution is 2.15. The first kappa shape index (κ1) is 30.7. The number of quaternary nitrogens is 1.